The van der Waals surface area contributed by atoms with Gasteiger partial charge >= 0.3 is 0 Å². The van der Waals surface area contributed by atoms with Gasteiger partial charge < -0.3 is 11.1 Å². The van der Waals surface area contributed by atoms with Crippen LogP contribution in [0.25, 0.3) is 0 Å². The fraction of sp³-hybridized carbons (Fsp3) is 0.588. The Labute approximate surface area is 144 Å². The molecule has 1 amide bonds. The number of hydrogen-bond donors (Lipinski definition) is 2. The van der Waals surface area contributed by atoms with E-state index < -0.39 is 0 Å². The lowest BCUT2D eigenvalue weighted by Crippen LogP contribution is -2.46. The summed E-state index contributed by atoms with van der Waals surface area (Å²) in [5.74, 6) is 1.60. The van der Waals surface area contributed by atoms with E-state index in [1.807, 2.05) is 6.26 Å². The van der Waals surface area contributed by atoms with E-state index in [1.54, 1.807) is 11.8 Å². The summed E-state index contributed by atoms with van der Waals surface area (Å²) in [6, 6.07) is 10.6. The summed E-state index contributed by atoms with van der Waals surface area (Å²) in [7, 11) is 0. The molecular formula is C17H27ClN2OS. The first-order valence-electron chi connectivity index (χ1n) is 7.80. The van der Waals surface area contributed by atoms with E-state index in [0.717, 1.165) is 37.9 Å². The van der Waals surface area contributed by atoms with Crippen molar-refractivity contribution in [2.45, 2.75) is 50.1 Å². The van der Waals surface area contributed by atoms with Crippen LogP contribution in [0, 0.1) is 0 Å². The molecule has 1 atom stereocenters. The normalized spacial score (nSPS) is 22.5. The van der Waals surface area contributed by atoms with Gasteiger partial charge in [-0.1, -0.05) is 30.3 Å². The van der Waals surface area contributed by atoms with Crippen LogP contribution in [0.2, 0.25) is 0 Å². The molecular weight excluding hydrogens is 316 g/mol. The zero-order valence-electron chi connectivity index (χ0n) is 13.2. The Bertz CT molecular complexity index is 436. The van der Waals surface area contributed by atoms with Crippen molar-refractivity contribution in [1.29, 1.82) is 0 Å². The highest BCUT2D eigenvalue weighted by Crippen LogP contribution is 2.32. The fourth-order valence-electron chi connectivity index (χ4n) is 2.98. The highest BCUT2D eigenvalue weighted by Gasteiger charge is 2.24. The first-order valence-corrected chi connectivity index (χ1v) is 9.20. The lowest BCUT2D eigenvalue weighted by Gasteiger charge is -2.30. The third-order valence-corrected chi connectivity index (χ3v) is 4.96. The first-order chi connectivity index (χ1) is 10.2. The van der Waals surface area contributed by atoms with Gasteiger partial charge in [0.2, 0.25) is 5.91 Å². The van der Waals surface area contributed by atoms with Crippen LogP contribution >= 0.6 is 24.2 Å². The van der Waals surface area contributed by atoms with Gasteiger partial charge in [0.15, 0.2) is 0 Å². The monoisotopic (exact) mass is 342 g/mol. The molecule has 5 heteroatoms. The second-order valence-corrected chi connectivity index (χ2v) is 6.84. The Morgan fingerprint density at radius 1 is 1.27 bits per heavy atom. The molecule has 0 bridgehead atoms. The average Bonchev–Trinajstić information content (AvgIpc) is 2.54. The number of nitrogens with one attached hydrogen (secondary N) is 1. The lowest BCUT2D eigenvalue weighted by atomic mass is 9.81. The molecule has 22 heavy (non-hydrogen) atoms. The van der Waals surface area contributed by atoms with Gasteiger partial charge in [-0.25, -0.2) is 0 Å². The minimum atomic E-state index is -0.357. The number of halogens is 1. The molecule has 3 nitrogen and oxygen atoms in total. The molecule has 1 fully saturated rings. The van der Waals surface area contributed by atoms with Gasteiger partial charge in [0.1, 0.15) is 0 Å². The number of carbonyl (C=O) groups excluding carboxylic acids is 1. The van der Waals surface area contributed by atoms with Crippen molar-refractivity contribution >= 4 is 30.1 Å². The summed E-state index contributed by atoms with van der Waals surface area (Å²) in [6.45, 7) is 0. The molecule has 0 unspecified atom stereocenters. The van der Waals surface area contributed by atoms with Crippen LogP contribution in [0.1, 0.15) is 43.6 Å². The number of rotatable bonds is 6. The van der Waals surface area contributed by atoms with E-state index in [1.165, 1.54) is 5.56 Å². The number of hydrogen-bond acceptors (Lipinski definition) is 3. The van der Waals surface area contributed by atoms with E-state index in [2.05, 4.69) is 35.6 Å². The molecule has 2 rings (SSSR count). The van der Waals surface area contributed by atoms with E-state index in [0.29, 0.717) is 12.0 Å². The quantitative estimate of drug-likeness (QED) is 0.833. The second kappa shape index (κ2) is 10.1. The maximum Gasteiger partial charge on any atom is 0.237 e. The van der Waals surface area contributed by atoms with Gasteiger partial charge in [0.05, 0.1) is 6.04 Å². The number of benzene rings is 1. The van der Waals surface area contributed by atoms with Gasteiger partial charge in [0.25, 0.3) is 0 Å². The van der Waals surface area contributed by atoms with Gasteiger partial charge in [-0.2, -0.15) is 11.8 Å². The molecule has 1 saturated carbocycles. The summed E-state index contributed by atoms with van der Waals surface area (Å²) in [4.78, 5) is 12.0. The van der Waals surface area contributed by atoms with Gasteiger partial charge in [-0.15, -0.1) is 12.4 Å². The molecule has 0 aromatic heterocycles. The summed E-state index contributed by atoms with van der Waals surface area (Å²) in [5, 5.41) is 3.13. The van der Waals surface area contributed by atoms with Crippen molar-refractivity contribution in [3.05, 3.63) is 35.9 Å². The van der Waals surface area contributed by atoms with Crippen LogP contribution in [0.3, 0.4) is 0 Å². The highest BCUT2D eigenvalue weighted by atomic mass is 35.5. The summed E-state index contributed by atoms with van der Waals surface area (Å²) in [6.07, 6.45) is 7.20. The smallest absolute Gasteiger partial charge is 0.237 e. The maximum absolute atomic E-state index is 12.0. The minimum absolute atomic E-state index is 0. The third-order valence-electron chi connectivity index (χ3n) is 4.31. The molecule has 0 saturated heterocycles. The SMILES string of the molecule is CSCC[C@H](N)C(=O)NC1CCC(c2ccccc2)CC1.Cl. The lowest BCUT2D eigenvalue weighted by molar-refractivity contribution is -0.123. The minimum Gasteiger partial charge on any atom is -0.352 e. The van der Waals surface area contributed by atoms with Crippen LogP contribution in [0.5, 0.6) is 0 Å². The Morgan fingerprint density at radius 3 is 2.50 bits per heavy atom. The zero-order chi connectivity index (χ0) is 15.1. The van der Waals surface area contributed by atoms with E-state index in [-0.39, 0.29) is 24.4 Å². The fourth-order valence-corrected chi connectivity index (χ4v) is 3.47. The van der Waals surface area contributed by atoms with E-state index >= 15 is 0 Å². The first kappa shape index (κ1) is 19.3. The number of thioether (sulfide) groups is 1. The molecule has 0 heterocycles. The Balaban J connectivity index is 0.00000242. The molecule has 0 radical (unpaired) electrons. The number of nitrogens with two attached hydrogens (primary N) is 1. The van der Waals surface area contributed by atoms with Gasteiger partial charge in [0, 0.05) is 6.04 Å². The topological polar surface area (TPSA) is 55.1 Å². The average molecular weight is 343 g/mol. The molecule has 1 aliphatic rings. The van der Waals surface area contributed by atoms with Gasteiger partial charge in [-0.05, 0) is 55.6 Å². The van der Waals surface area contributed by atoms with Crippen molar-refractivity contribution < 1.29 is 4.79 Å². The van der Waals surface area contributed by atoms with Crippen LogP contribution in [0.15, 0.2) is 30.3 Å². The van der Waals surface area contributed by atoms with Crippen molar-refractivity contribution in [1.82, 2.24) is 5.32 Å². The molecule has 1 aromatic carbocycles. The molecule has 1 aliphatic carbocycles. The van der Waals surface area contributed by atoms with Crippen LogP contribution in [-0.2, 0) is 4.79 Å². The number of amides is 1. The predicted molar refractivity (Wildman–Crippen MR) is 97.8 cm³/mol. The van der Waals surface area contributed by atoms with Crippen molar-refractivity contribution in [2.24, 2.45) is 5.73 Å². The van der Waals surface area contributed by atoms with Crippen molar-refractivity contribution in [3.8, 4) is 0 Å². The van der Waals surface area contributed by atoms with Gasteiger partial charge in [-0.3, -0.25) is 4.79 Å². The molecule has 0 aliphatic heterocycles. The number of carbonyl (C=O) groups is 1. The van der Waals surface area contributed by atoms with Crippen molar-refractivity contribution in [3.63, 3.8) is 0 Å². The Morgan fingerprint density at radius 2 is 1.91 bits per heavy atom. The standard InChI is InChI=1S/C17H26N2OS.ClH/c1-21-12-11-16(18)17(20)19-15-9-7-14(8-10-15)13-5-3-2-4-6-13;/h2-6,14-16H,7-12,18H2,1H3,(H,19,20);1H/t14?,15?,16-;/m0./s1. The predicted octanol–water partition coefficient (Wildman–Crippen LogP) is 3.33. The molecule has 3 N–H and O–H groups in total. The summed E-state index contributed by atoms with van der Waals surface area (Å²) in [5.41, 5.74) is 7.34. The van der Waals surface area contributed by atoms with Crippen LogP contribution < -0.4 is 11.1 Å². The van der Waals surface area contributed by atoms with Crippen LogP contribution in [-0.4, -0.2) is 30.0 Å². The second-order valence-electron chi connectivity index (χ2n) is 5.86. The molecule has 0 spiro atoms. The Hall–Kier alpha value is -0.710. The largest absolute Gasteiger partial charge is 0.352 e. The van der Waals surface area contributed by atoms with Crippen molar-refractivity contribution in [2.75, 3.05) is 12.0 Å². The van der Waals surface area contributed by atoms with E-state index in [4.69, 9.17) is 5.73 Å². The summed E-state index contributed by atoms with van der Waals surface area (Å²) >= 11 is 1.73. The van der Waals surface area contributed by atoms with E-state index in [9.17, 15) is 4.79 Å². The molecule has 124 valence electrons. The maximum atomic E-state index is 12.0. The zero-order valence-corrected chi connectivity index (χ0v) is 14.8. The third kappa shape index (κ3) is 5.82. The van der Waals surface area contributed by atoms with Crippen LogP contribution in [0.4, 0.5) is 0 Å². The Kier molecular flexibility index (Phi) is 8.91. The summed E-state index contributed by atoms with van der Waals surface area (Å²) < 4.78 is 0. The highest BCUT2D eigenvalue weighted by molar-refractivity contribution is 7.98. The molecule has 1 aromatic rings.